The molecule has 2 aromatic heterocycles. The van der Waals surface area contributed by atoms with Crippen molar-refractivity contribution in [3.05, 3.63) is 40.3 Å². The first-order chi connectivity index (χ1) is 19.1. The van der Waals surface area contributed by atoms with Gasteiger partial charge < -0.3 is 38.6 Å². The lowest BCUT2D eigenvalue weighted by Crippen LogP contribution is -2.40. The van der Waals surface area contributed by atoms with Gasteiger partial charge in [0.05, 0.1) is 58.5 Å². The van der Waals surface area contributed by atoms with Crippen LogP contribution in [0.3, 0.4) is 0 Å². The van der Waals surface area contributed by atoms with Crippen LogP contribution in [0.4, 0.5) is 17.6 Å². The molecule has 0 saturated heterocycles. The number of alkyl halides is 4. The van der Waals surface area contributed by atoms with Gasteiger partial charge >= 0.3 is 12.2 Å². The zero-order valence-corrected chi connectivity index (χ0v) is 22.9. The molecule has 11 nitrogen and oxygen atoms in total. The smallest absolute Gasteiger partial charge is 0.383 e. The molecular weight excluding hydrogens is 568 g/mol. The first kappa shape index (κ1) is 34.5. The third-order valence-corrected chi connectivity index (χ3v) is 5.80. The molecule has 0 aromatic carbocycles. The highest BCUT2D eigenvalue weighted by Crippen LogP contribution is 2.27. The molecule has 0 aliphatic rings. The Balaban J connectivity index is 1.43. The summed E-state index contributed by atoms with van der Waals surface area (Å²) in [6, 6.07) is 5.64. The summed E-state index contributed by atoms with van der Waals surface area (Å²) in [7, 11) is 1.70. The Labute approximate surface area is 233 Å². The minimum absolute atomic E-state index is 0.0123. The molecule has 2 N–H and O–H groups in total. The SMILES string of the molecule is Cn1nccc1COCC(O)COCC(F)(F)OC(F)(F)COCOCCOCC(O)COCCc1cccs1. The fraction of sp³-hybridized carbons (Fsp3) is 0.708. The van der Waals surface area contributed by atoms with E-state index in [9.17, 15) is 27.8 Å². The number of hydrogen-bond donors (Lipinski definition) is 2. The van der Waals surface area contributed by atoms with Gasteiger partial charge in [-0.15, -0.1) is 11.3 Å². The van der Waals surface area contributed by atoms with E-state index in [0.717, 1.165) is 12.1 Å². The first-order valence-corrected chi connectivity index (χ1v) is 13.2. The molecule has 0 amide bonds. The highest BCUT2D eigenvalue weighted by atomic mass is 32.1. The third kappa shape index (κ3) is 15.9. The van der Waals surface area contributed by atoms with Gasteiger partial charge in [-0.25, -0.2) is 0 Å². The summed E-state index contributed by atoms with van der Waals surface area (Å²) in [4.78, 5) is 1.18. The second-order valence-electron chi connectivity index (χ2n) is 8.51. The minimum atomic E-state index is -4.34. The van der Waals surface area contributed by atoms with Gasteiger partial charge in [0.2, 0.25) is 0 Å². The zero-order valence-electron chi connectivity index (χ0n) is 22.1. The van der Waals surface area contributed by atoms with Crippen LogP contribution >= 0.6 is 11.3 Å². The van der Waals surface area contributed by atoms with Gasteiger partial charge in [-0.05, 0) is 17.5 Å². The predicted molar refractivity (Wildman–Crippen MR) is 133 cm³/mol. The van der Waals surface area contributed by atoms with Crippen molar-refractivity contribution >= 4 is 11.3 Å². The van der Waals surface area contributed by atoms with Gasteiger partial charge in [0.15, 0.2) is 0 Å². The number of thiophene rings is 1. The second-order valence-corrected chi connectivity index (χ2v) is 9.55. The van der Waals surface area contributed by atoms with Gasteiger partial charge in [0, 0.05) is 24.5 Å². The molecule has 16 heteroatoms. The third-order valence-electron chi connectivity index (χ3n) is 4.86. The molecule has 0 fully saturated rings. The number of rotatable bonds is 24. The second kappa shape index (κ2) is 18.7. The van der Waals surface area contributed by atoms with Crippen LogP contribution < -0.4 is 0 Å². The highest BCUT2D eigenvalue weighted by Gasteiger charge is 2.44. The molecule has 2 heterocycles. The topological polar surface area (TPSA) is 123 Å². The molecule has 2 unspecified atom stereocenters. The summed E-state index contributed by atoms with van der Waals surface area (Å²) in [5.74, 6) is 0. The minimum Gasteiger partial charge on any atom is -0.388 e. The molecule has 230 valence electrons. The maximum absolute atomic E-state index is 13.7. The largest absolute Gasteiger partial charge is 0.388 e. The maximum atomic E-state index is 13.7. The van der Waals surface area contributed by atoms with E-state index >= 15 is 0 Å². The van der Waals surface area contributed by atoms with Crippen molar-refractivity contribution in [3.8, 4) is 0 Å². The maximum Gasteiger partial charge on any atom is 0.383 e. The number of aromatic nitrogens is 2. The summed E-state index contributed by atoms with van der Waals surface area (Å²) in [5.41, 5.74) is 0.730. The standard InChI is InChI=1S/C24H36F4N2O9S/c1-30-19(4-6-29-30)11-36-14-21(32)15-37-16-23(25,26)39-24(27,28)17-38-18-35-9-8-34-13-20(31)12-33-7-5-22-3-2-10-40-22/h2-4,6,10,20-21,31-32H,5,7-9,11-18H2,1H3. The van der Waals surface area contributed by atoms with E-state index in [4.69, 9.17) is 18.9 Å². The number of halogens is 4. The van der Waals surface area contributed by atoms with Gasteiger partial charge in [-0.2, -0.15) is 22.7 Å². The summed E-state index contributed by atoms with van der Waals surface area (Å²) in [6.45, 7) is -3.75. The average Bonchev–Trinajstić information content (AvgIpc) is 3.54. The number of nitrogens with zero attached hydrogens (tertiary/aromatic N) is 2. The van der Waals surface area contributed by atoms with Gasteiger partial charge in [-0.3, -0.25) is 9.42 Å². The van der Waals surface area contributed by atoms with Crippen molar-refractivity contribution in [3.63, 3.8) is 0 Å². The van der Waals surface area contributed by atoms with E-state index < -0.39 is 51.0 Å². The predicted octanol–water partition coefficient (Wildman–Crippen LogP) is 2.21. The van der Waals surface area contributed by atoms with Crippen molar-refractivity contribution in [1.82, 2.24) is 9.78 Å². The Morgan fingerprint density at radius 3 is 2.12 bits per heavy atom. The Kier molecular flexibility index (Phi) is 16.1. The Morgan fingerprint density at radius 2 is 1.48 bits per heavy atom. The van der Waals surface area contributed by atoms with Gasteiger partial charge in [0.25, 0.3) is 0 Å². The lowest BCUT2D eigenvalue weighted by atomic mass is 10.3. The van der Waals surface area contributed by atoms with Crippen LogP contribution in [-0.2, 0) is 53.2 Å². The molecule has 0 aliphatic carbocycles. The van der Waals surface area contributed by atoms with Crippen LogP contribution in [0, 0.1) is 0 Å². The Hall–Kier alpha value is -1.73. The molecule has 0 radical (unpaired) electrons. The summed E-state index contributed by atoms with van der Waals surface area (Å²) >= 11 is 1.62. The number of aliphatic hydroxyl groups excluding tert-OH is 2. The molecule has 2 rings (SSSR count). The molecular formula is C24H36F4N2O9S. The molecule has 0 aliphatic heterocycles. The lowest BCUT2D eigenvalue weighted by Gasteiger charge is -2.24. The zero-order chi connectivity index (χ0) is 29.3. The Bertz CT molecular complexity index is 909. The molecule has 2 aromatic rings. The number of aliphatic hydroxyl groups is 2. The van der Waals surface area contributed by atoms with E-state index in [1.54, 1.807) is 35.3 Å². The fourth-order valence-corrected chi connectivity index (χ4v) is 3.68. The molecule has 2 atom stereocenters. The summed E-state index contributed by atoms with van der Waals surface area (Å²) < 4.78 is 89.7. The Morgan fingerprint density at radius 1 is 0.850 bits per heavy atom. The monoisotopic (exact) mass is 604 g/mol. The number of ether oxygens (including phenoxy) is 7. The lowest BCUT2D eigenvalue weighted by molar-refractivity contribution is -0.396. The van der Waals surface area contributed by atoms with Crippen LogP contribution in [0.5, 0.6) is 0 Å². The van der Waals surface area contributed by atoms with E-state index in [1.165, 1.54) is 4.88 Å². The first-order valence-electron chi connectivity index (χ1n) is 12.3. The summed E-state index contributed by atoms with van der Waals surface area (Å²) in [5, 5.41) is 25.4. The van der Waals surface area contributed by atoms with Crippen LogP contribution in [0.15, 0.2) is 29.8 Å². The van der Waals surface area contributed by atoms with Crippen LogP contribution in [-0.4, -0.2) is 111 Å². The molecule has 0 bridgehead atoms. The van der Waals surface area contributed by atoms with Crippen molar-refractivity contribution < 1.29 is 60.9 Å². The molecule has 0 saturated carbocycles. The normalized spacial score (nSPS) is 14.1. The van der Waals surface area contributed by atoms with Crippen LogP contribution in [0.1, 0.15) is 10.6 Å². The van der Waals surface area contributed by atoms with Crippen molar-refractivity contribution in [1.29, 1.82) is 0 Å². The van der Waals surface area contributed by atoms with E-state index in [2.05, 4.69) is 19.3 Å². The van der Waals surface area contributed by atoms with Gasteiger partial charge in [0.1, 0.15) is 32.2 Å². The fourth-order valence-electron chi connectivity index (χ4n) is 2.99. The number of aryl methyl sites for hydroxylation is 1. The van der Waals surface area contributed by atoms with E-state index in [0.29, 0.717) is 6.61 Å². The molecule has 0 spiro atoms. The summed E-state index contributed by atoms with van der Waals surface area (Å²) in [6.07, 6.45) is -8.45. The van der Waals surface area contributed by atoms with Crippen molar-refractivity contribution in [2.75, 3.05) is 66.3 Å². The average molecular weight is 605 g/mol. The quantitative estimate of drug-likeness (QED) is 0.105. The highest BCUT2D eigenvalue weighted by molar-refractivity contribution is 7.09. The number of hydrogen-bond acceptors (Lipinski definition) is 11. The molecule has 40 heavy (non-hydrogen) atoms. The van der Waals surface area contributed by atoms with E-state index in [1.807, 2.05) is 17.5 Å². The van der Waals surface area contributed by atoms with Gasteiger partial charge in [-0.1, -0.05) is 6.07 Å². The van der Waals surface area contributed by atoms with E-state index in [-0.39, 0.29) is 39.6 Å². The van der Waals surface area contributed by atoms with Crippen molar-refractivity contribution in [2.45, 2.75) is 37.5 Å². The van der Waals surface area contributed by atoms with Crippen LogP contribution in [0.25, 0.3) is 0 Å². The van der Waals surface area contributed by atoms with Crippen molar-refractivity contribution in [2.24, 2.45) is 7.05 Å². The van der Waals surface area contributed by atoms with Crippen LogP contribution in [0.2, 0.25) is 0 Å².